The van der Waals surface area contributed by atoms with E-state index in [9.17, 15) is 0 Å². The molecule has 0 aliphatic heterocycles. The monoisotopic (exact) mass is 334 g/mol. The van der Waals surface area contributed by atoms with Gasteiger partial charge >= 0.3 is 0 Å². The Morgan fingerprint density at radius 3 is 2.70 bits per heavy atom. The maximum Gasteiger partial charge on any atom is 0.127 e. The zero-order chi connectivity index (χ0) is 14.4. The van der Waals surface area contributed by atoms with Crippen LogP contribution in [-0.2, 0) is 13.2 Å². The summed E-state index contributed by atoms with van der Waals surface area (Å²) in [6.45, 7) is 6.34. The largest absolute Gasteiger partial charge is 0.488 e. The molecule has 20 heavy (non-hydrogen) atoms. The van der Waals surface area contributed by atoms with Crippen molar-refractivity contribution >= 4 is 15.9 Å². The number of halogens is 1. The molecule has 4 heteroatoms. The number of benzene rings is 1. The van der Waals surface area contributed by atoms with E-state index < -0.39 is 0 Å². The Hall–Kier alpha value is -1.39. The highest BCUT2D eigenvalue weighted by Gasteiger charge is 2.05. The molecule has 0 unspecified atom stereocenters. The van der Waals surface area contributed by atoms with Gasteiger partial charge in [-0.3, -0.25) is 4.98 Å². The van der Waals surface area contributed by atoms with Crippen LogP contribution in [0.4, 0.5) is 0 Å². The minimum Gasteiger partial charge on any atom is -0.488 e. The zero-order valence-corrected chi connectivity index (χ0v) is 13.4. The van der Waals surface area contributed by atoms with Gasteiger partial charge in [0, 0.05) is 34.5 Å². The minimum absolute atomic E-state index is 0.565. The molecule has 1 N–H and O–H groups in total. The number of aromatic nitrogens is 1. The van der Waals surface area contributed by atoms with Crippen molar-refractivity contribution < 1.29 is 4.74 Å². The summed E-state index contributed by atoms with van der Waals surface area (Å²) in [6.07, 6.45) is 1.88. The number of ether oxygens (including phenoxy) is 1. The van der Waals surface area contributed by atoms with Crippen LogP contribution in [0, 0.1) is 6.92 Å². The van der Waals surface area contributed by atoms with Crippen molar-refractivity contribution in [2.75, 3.05) is 6.54 Å². The average molecular weight is 335 g/mol. The molecule has 2 rings (SSSR count). The SMILES string of the molecule is CCNCc1cnc(C)cc1OCc1ccc(Br)cc1. The van der Waals surface area contributed by atoms with E-state index >= 15 is 0 Å². The average Bonchev–Trinajstić information content (AvgIpc) is 2.46. The fourth-order valence-corrected chi connectivity index (χ4v) is 2.10. The Bertz CT molecular complexity index is 555. The molecule has 0 radical (unpaired) electrons. The molecule has 1 aromatic carbocycles. The van der Waals surface area contributed by atoms with Gasteiger partial charge in [0.25, 0.3) is 0 Å². The van der Waals surface area contributed by atoms with Crippen LogP contribution < -0.4 is 10.1 Å². The summed E-state index contributed by atoms with van der Waals surface area (Å²) >= 11 is 3.43. The molecule has 0 fully saturated rings. The van der Waals surface area contributed by atoms with Crippen molar-refractivity contribution in [2.24, 2.45) is 0 Å². The van der Waals surface area contributed by atoms with Gasteiger partial charge in [0.05, 0.1) is 0 Å². The molecular weight excluding hydrogens is 316 g/mol. The number of rotatable bonds is 6. The fraction of sp³-hybridized carbons (Fsp3) is 0.312. The van der Waals surface area contributed by atoms with Crippen LogP contribution in [0.15, 0.2) is 41.0 Å². The second-order valence-corrected chi connectivity index (χ2v) is 5.54. The standard InChI is InChI=1S/C16H19BrN2O/c1-3-18-9-14-10-19-12(2)8-16(14)20-11-13-4-6-15(17)7-5-13/h4-8,10,18H,3,9,11H2,1-2H3. The minimum atomic E-state index is 0.565. The molecule has 0 saturated carbocycles. The van der Waals surface area contributed by atoms with Gasteiger partial charge in [-0.2, -0.15) is 0 Å². The first-order valence-corrected chi connectivity index (χ1v) is 7.52. The lowest BCUT2D eigenvalue weighted by molar-refractivity contribution is 0.301. The topological polar surface area (TPSA) is 34.2 Å². The predicted molar refractivity (Wildman–Crippen MR) is 84.8 cm³/mol. The third kappa shape index (κ3) is 4.32. The molecule has 0 bridgehead atoms. The second kappa shape index (κ2) is 7.41. The van der Waals surface area contributed by atoms with E-state index in [1.165, 1.54) is 0 Å². The molecule has 0 aliphatic rings. The number of hydrogen-bond donors (Lipinski definition) is 1. The van der Waals surface area contributed by atoms with Crippen LogP contribution in [-0.4, -0.2) is 11.5 Å². The second-order valence-electron chi connectivity index (χ2n) is 4.63. The van der Waals surface area contributed by atoms with Gasteiger partial charge in [0.1, 0.15) is 12.4 Å². The van der Waals surface area contributed by atoms with Crippen molar-refractivity contribution in [2.45, 2.75) is 27.0 Å². The maximum atomic E-state index is 5.95. The normalized spacial score (nSPS) is 10.6. The molecule has 3 nitrogen and oxygen atoms in total. The van der Waals surface area contributed by atoms with Crippen LogP contribution in [0.25, 0.3) is 0 Å². The molecule has 0 aliphatic carbocycles. The van der Waals surface area contributed by atoms with Gasteiger partial charge in [-0.05, 0) is 31.2 Å². The lowest BCUT2D eigenvalue weighted by Crippen LogP contribution is -2.13. The first-order chi connectivity index (χ1) is 9.69. The van der Waals surface area contributed by atoms with Crippen LogP contribution in [0.3, 0.4) is 0 Å². The summed E-state index contributed by atoms with van der Waals surface area (Å²) in [4.78, 5) is 4.33. The number of aryl methyl sites for hydroxylation is 1. The first-order valence-electron chi connectivity index (χ1n) is 6.72. The first kappa shape index (κ1) is 15.0. The van der Waals surface area contributed by atoms with Gasteiger partial charge in [0.15, 0.2) is 0 Å². The van der Waals surface area contributed by atoms with Gasteiger partial charge in [0.2, 0.25) is 0 Å². The van der Waals surface area contributed by atoms with Gasteiger partial charge in [-0.1, -0.05) is 35.0 Å². The highest BCUT2D eigenvalue weighted by Crippen LogP contribution is 2.20. The Kier molecular flexibility index (Phi) is 5.56. The summed E-state index contributed by atoms with van der Waals surface area (Å²) in [5.74, 6) is 0.904. The van der Waals surface area contributed by atoms with Crippen LogP contribution in [0.1, 0.15) is 23.7 Å². The molecule has 0 amide bonds. The van der Waals surface area contributed by atoms with Gasteiger partial charge < -0.3 is 10.1 Å². The third-order valence-corrected chi connectivity index (χ3v) is 3.48. The maximum absolute atomic E-state index is 5.95. The van der Waals surface area contributed by atoms with E-state index in [4.69, 9.17) is 4.74 Å². The van der Waals surface area contributed by atoms with Crippen LogP contribution >= 0.6 is 15.9 Å². The third-order valence-electron chi connectivity index (χ3n) is 2.95. The predicted octanol–water partition coefficient (Wildman–Crippen LogP) is 3.84. The quantitative estimate of drug-likeness (QED) is 0.871. The molecule has 1 aromatic heterocycles. The summed E-state index contributed by atoms with van der Waals surface area (Å²) < 4.78 is 7.02. The molecule has 0 saturated heterocycles. The summed E-state index contributed by atoms with van der Waals surface area (Å²) in [5.41, 5.74) is 3.21. The van der Waals surface area contributed by atoms with Crippen molar-refractivity contribution in [3.63, 3.8) is 0 Å². The van der Waals surface area contributed by atoms with E-state index in [2.05, 4.69) is 45.3 Å². The molecule has 1 heterocycles. The highest BCUT2D eigenvalue weighted by molar-refractivity contribution is 9.10. The Morgan fingerprint density at radius 1 is 1.25 bits per heavy atom. The van der Waals surface area contributed by atoms with E-state index in [1.54, 1.807) is 0 Å². The summed E-state index contributed by atoms with van der Waals surface area (Å²) in [6, 6.07) is 10.2. The Morgan fingerprint density at radius 2 is 2.00 bits per heavy atom. The molecular formula is C16H19BrN2O. The van der Waals surface area contributed by atoms with Crippen molar-refractivity contribution in [3.8, 4) is 5.75 Å². The highest BCUT2D eigenvalue weighted by atomic mass is 79.9. The molecule has 2 aromatic rings. The van der Waals surface area contributed by atoms with E-state index in [1.807, 2.05) is 31.3 Å². The zero-order valence-electron chi connectivity index (χ0n) is 11.8. The smallest absolute Gasteiger partial charge is 0.127 e. The molecule has 0 atom stereocenters. The lowest BCUT2D eigenvalue weighted by atomic mass is 10.2. The molecule has 0 spiro atoms. The number of hydrogen-bond acceptors (Lipinski definition) is 3. The van der Waals surface area contributed by atoms with E-state index in [0.717, 1.165) is 40.1 Å². The van der Waals surface area contributed by atoms with E-state index in [-0.39, 0.29) is 0 Å². The van der Waals surface area contributed by atoms with Crippen LogP contribution in [0.2, 0.25) is 0 Å². The Balaban J connectivity index is 2.07. The molecule has 106 valence electrons. The van der Waals surface area contributed by atoms with Crippen molar-refractivity contribution in [1.82, 2.24) is 10.3 Å². The van der Waals surface area contributed by atoms with Crippen molar-refractivity contribution in [1.29, 1.82) is 0 Å². The van der Waals surface area contributed by atoms with Crippen LogP contribution in [0.5, 0.6) is 5.75 Å². The lowest BCUT2D eigenvalue weighted by Gasteiger charge is -2.12. The van der Waals surface area contributed by atoms with E-state index in [0.29, 0.717) is 6.61 Å². The van der Waals surface area contributed by atoms with Gasteiger partial charge in [-0.15, -0.1) is 0 Å². The Labute approximate surface area is 128 Å². The van der Waals surface area contributed by atoms with Gasteiger partial charge in [-0.25, -0.2) is 0 Å². The fourth-order valence-electron chi connectivity index (χ4n) is 1.83. The van der Waals surface area contributed by atoms with Crippen molar-refractivity contribution in [3.05, 3.63) is 57.8 Å². The number of nitrogens with zero attached hydrogens (tertiary/aromatic N) is 1. The summed E-state index contributed by atoms with van der Waals surface area (Å²) in [5, 5.41) is 3.30. The number of pyridine rings is 1. The summed E-state index contributed by atoms with van der Waals surface area (Å²) in [7, 11) is 0. The number of nitrogens with one attached hydrogen (secondary N) is 1.